The molecule has 1 spiro atoms. The highest BCUT2D eigenvalue weighted by molar-refractivity contribution is 7.10. The van der Waals surface area contributed by atoms with Gasteiger partial charge in [0.1, 0.15) is 11.4 Å². The van der Waals surface area contributed by atoms with Crippen molar-refractivity contribution in [2.24, 2.45) is 11.3 Å². The van der Waals surface area contributed by atoms with Crippen molar-refractivity contribution in [2.75, 3.05) is 0 Å². The summed E-state index contributed by atoms with van der Waals surface area (Å²) in [6.07, 6.45) is 4.67. The van der Waals surface area contributed by atoms with Gasteiger partial charge in [0.15, 0.2) is 5.78 Å². The molecule has 1 aromatic heterocycles. The van der Waals surface area contributed by atoms with E-state index in [2.05, 4.69) is 17.5 Å². The van der Waals surface area contributed by atoms with Crippen molar-refractivity contribution >= 4 is 17.1 Å². The Morgan fingerprint density at radius 1 is 1.15 bits per heavy atom. The predicted molar refractivity (Wildman–Crippen MR) is 106 cm³/mol. The smallest absolute Gasteiger partial charge is 0.179 e. The Kier molecular flexibility index (Phi) is 3.67. The zero-order chi connectivity index (χ0) is 18.9. The molecule has 3 aliphatic rings. The third kappa shape index (κ3) is 2.09. The fourth-order valence-electron chi connectivity index (χ4n) is 6.22. The van der Waals surface area contributed by atoms with Gasteiger partial charge in [-0.3, -0.25) is 4.79 Å². The molecule has 2 aliphatic carbocycles. The van der Waals surface area contributed by atoms with E-state index in [0.29, 0.717) is 17.7 Å². The molecular formula is C23H26O3S. The molecule has 0 radical (unpaired) electrons. The Labute approximate surface area is 164 Å². The average molecular weight is 383 g/mol. The van der Waals surface area contributed by atoms with Gasteiger partial charge < -0.3 is 9.84 Å². The topological polar surface area (TPSA) is 46.5 Å². The number of ketones is 1. The first kappa shape index (κ1) is 17.4. The predicted octanol–water partition coefficient (Wildman–Crippen LogP) is 5.20. The van der Waals surface area contributed by atoms with E-state index in [1.165, 1.54) is 4.88 Å². The Balaban J connectivity index is 1.75. The monoisotopic (exact) mass is 382 g/mol. The minimum absolute atomic E-state index is 0.0471. The maximum absolute atomic E-state index is 13.8. The van der Waals surface area contributed by atoms with Crippen LogP contribution >= 0.6 is 11.3 Å². The molecule has 5 atom stereocenters. The molecule has 2 heterocycles. The lowest BCUT2D eigenvalue weighted by Gasteiger charge is -2.65. The molecule has 1 aliphatic heterocycles. The number of hydrogen-bond donors (Lipinski definition) is 1. The van der Waals surface area contributed by atoms with Gasteiger partial charge in [-0.2, -0.15) is 0 Å². The molecule has 2 aromatic rings. The second kappa shape index (κ2) is 5.68. The normalized spacial score (nSPS) is 40.5. The Hall–Kier alpha value is -1.65. The van der Waals surface area contributed by atoms with Gasteiger partial charge in [-0.1, -0.05) is 24.6 Å². The molecule has 0 bridgehead atoms. The number of carbonyl (C=O) groups is 1. The molecule has 0 unspecified atom stereocenters. The largest absolute Gasteiger partial charge is 0.485 e. The summed E-state index contributed by atoms with van der Waals surface area (Å²) in [6.45, 7) is 3.82. The Morgan fingerprint density at radius 2 is 1.96 bits per heavy atom. The van der Waals surface area contributed by atoms with Crippen LogP contribution in [0.25, 0.3) is 0 Å². The molecule has 0 amide bonds. The highest BCUT2D eigenvalue weighted by Crippen LogP contribution is 2.66. The second-order valence-electron chi connectivity index (χ2n) is 8.89. The van der Waals surface area contributed by atoms with E-state index in [4.69, 9.17) is 4.74 Å². The van der Waals surface area contributed by atoms with E-state index in [-0.39, 0.29) is 17.6 Å². The molecular weight excluding hydrogens is 356 g/mol. The van der Waals surface area contributed by atoms with Crippen LogP contribution in [0.2, 0.25) is 0 Å². The fourth-order valence-corrected chi connectivity index (χ4v) is 7.12. The van der Waals surface area contributed by atoms with Crippen molar-refractivity contribution in [3.63, 3.8) is 0 Å². The molecule has 2 saturated carbocycles. The number of benzene rings is 1. The van der Waals surface area contributed by atoms with E-state index in [1.54, 1.807) is 11.3 Å². The van der Waals surface area contributed by atoms with Gasteiger partial charge in [0.25, 0.3) is 0 Å². The molecule has 4 heteroatoms. The van der Waals surface area contributed by atoms with Crippen molar-refractivity contribution < 1.29 is 14.6 Å². The van der Waals surface area contributed by atoms with Crippen molar-refractivity contribution in [3.8, 4) is 5.75 Å². The first-order valence-electron chi connectivity index (χ1n) is 9.99. The number of Topliss-reactive ketones (excluding diaryl/α,β-unsaturated/α-hetero) is 1. The van der Waals surface area contributed by atoms with Gasteiger partial charge >= 0.3 is 0 Å². The number of thiophene rings is 1. The van der Waals surface area contributed by atoms with Crippen LogP contribution in [0, 0.1) is 11.3 Å². The second-order valence-corrected chi connectivity index (χ2v) is 9.87. The Morgan fingerprint density at radius 3 is 2.74 bits per heavy atom. The third-order valence-electron chi connectivity index (χ3n) is 7.73. The first-order valence-corrected chi connectivity index (χ1v) is 10.9. The van der Waals surface area contributed by atoms with E-state index in [1.807, 2.05) is 38.1 Å². The zero-order valence-corrected chi connectivity index (χ0v) is 16.7. The number of fused-ring (bicyclic) bond motifs is 1. The van der Waals surface area contributed by atoms with Gasteiger partial charge in [0.05, 0.1) is 16.6 Å². The number of rotatable bonds is 1. The van der Waals surface area contributed by atoms with Gasteiger partial charge in [-0.25, -0.2) is 0 Å². The molecule has 3 nitrogen and oxygen atoms in total. The molecule has 1 N–H and O–H groups in total. The van der Waals surface area contributed by atoms with Crippen LogP contribution in [0.3, 0.4) is 0 Å². The minimum atomic E-state index is -1.12. The molecule has 5 rings (SSSR count). The van der Waals surface area contributed by atoms with Gasteiger partial charge in [-0.05, 0) is 63.1 Å². The number of ether oxygens (including phenoxy) is 1. The van der Waals surface area contributed by atoms with E-state index in [9.17, 15) is 9.90 Å². The molecule has 1 aromatic carbocycles. The van der Waals surface area contributed by atoms with E-state index < -0.39 is 16.6 Å². The van der Waals surface area contributed by atoms with E-state index in [0.717, 1.165) is 25.7 Å². The SMILES string of the molecule is C[C@@]12C(=O)c3ccccc3O[C@]13CCCC[C@@H]3[C@@H](c1cccs1)C[C@]2(C)O. The van der Waals surface area contributed by atoms with Gasteiger partial charge in [0.2, 0.25) is 0 Å². The van der Waals surface area contributed by atoms with Crippen LogP contribution in [-0.2, 0) is 0 Å². The maximum Gasteiger partial charge on any atom is 0.179 e. The van der Waals surface area contributed by atoms with Gasteiger partial charge in [0, 0.05) is 16.7 Å². The average Bonchev–Trinajstić information content (AvgIpc) is 3.19. The fraction of sp³-hybridized carbons (Fsp3) is 0.522. The lowest BCUT2D eigenvalue weighted by molar-refractivity contribution is -0.221. The van der Waals surface area contributed by atoms with Crippen LogP contribution < -0.4 is 4.74 Å². The van der Waals surface area contributed by atoms with Crippen LogP contribution in [0.15, 0.2) is 41.8 Å². The summed E-state index contributed by atoms with van der Waals surface area (Å²) in [4.78, 5) is 15.1. The summed E-state index contributed by atoms with van der Waals surface area (Å²) in [5, 5.41) is 13.8. The van der Waals surface area contributed by atoms with Gasteiger partial charge in [-0.15, -0.1) is 11.3 Å². The highest BCUT2D eigenvalue weighted by Gasteiger charge is 2.73. The van der Waals surface area contributed by atoms with Crippen LogP contribution in [0.1, 0.15) is 67.1 Å². The number of para-hydroxylation sites is 1. The standard InChI is InChI=1S/C23H26O3S/c1-21(25)14-16(19-11-7-13-27-19)17-9-5-6-12-23(17)22(21,2)20(24)15-8-3-4-10-18(15)26-23/h3-4,7-8,10-11,13,16-17,25H,5-6,9,12,14H2,1-2H3/t16-,17+,21-,22-,23-/m0/s1. The molecule has 2 fully saturated rings. The maximum atomic E-state index is 13.8. The first-order chi connectivity index (χ1) is 12.9. The molecule has 142 valence electrons. The number of carbonyl (C=O) groups excluding carboxylic acids is 1. The minimum Gasteiger partial charge on any atom is -0.485 e. The molecule has 0 saturated heterocycles. The molecule has 27 heavy (non-hydrogen) atoms. The Bertz CT molecular complexity index is 887. The summed E-state index contributed by atoms with van der Waals surface area (Å²) in [5.74, 6) is 1.21. The quantitative estimate of drug-likeness (QED) is 0.738. The van der Waals surface area contributed by atoms with Crippen LogP contribution in [0.5, 0.6) is 5.75 Å². The van der Waals surface area contributed by atoms with E-state index >= 15 is 0 Å². The summed E-state index contributed by atoms with van der Waals surface area (Å²) >= 11 is 1.76. The summed E-state index contributed by atoms with van der Waals surface area (Å²) in [7, 11) is 0. The van der Waals surface area contributed by atoms with Crippen LogP contribution in [-0.4, -0.2) is 22.1 Å². The summed E-state index contributed by atoms with van der Waals surface area (Å²) in [5.41, 5.74) is -2.09. The van der Waals surface area contributed by atoms with Crippen molar-refractivity contribution in [1.29, 1.82) is 0 Å². The number of aliphatic hydroxyl groups is 1. The zero-order valence-electron chi connectivity index (χ0n) is 15.9. The van der Waals surface area contributed by atoms with Crippen LogP contribution in [0.4, 0.5) is 0 Å². The van der Waals surface area contributed by atoms with Crippen molar-refractivity contribution in [1.82, 2.24) is 0 Å². The highest BCUT2D eigenvalue weighted by atomic mass is 32.1. The van der Waals surface area contributed by atoms with Crippen molar-refractivity contribution in [2.45, 2.75) is 63.1 Å². The summed E-state index contributed by atoms with van der Waals surface area (Å²) < 4.78 is 6.79. The lowest BCUT2D eigenvalue weighted by Crippen LogP contribution is -2.74. The third-order valence-corrected chi connectivity index (χ3v) is 8.73. The van der Waals surface area contributed by atoms with Crippen molar-refractivity contribution in [3.05, 3.63) is 52.2 Å². The summed E-state index contributed by atoms with van der Waals surface area (Å²) in [6, 6.07) is 11.8. The number of hydrogen-bond acceptors (Lipinski definition) is 4. The lowest BCUT2D eigenvalue weighted by atomic mass is 9.44.